The third-order valence-corrected chi connectivity index (χ3v) is 4.50. The second kappa shape index (κ2) is 5.17. The fourth-order valence-electron chi connectivity index (χ4n) is 2.14. The Labute approximate surface area is 133 Å². The van der Waals surface area contributed by atoms with E-state index in [1.54, 1.807) is 26.0 Å². The molecular formula is C15H16O7S. The molecule has 0 atom stereocenters. The topological polar surface area (TPSA) is 95.2 Å². The quantitative estimate of drug-likeness (QED) is 0.855. The third-order valence-electron chi connectivity index (χ3n) is 3.22. The number of fused-ring (bicyclic) bond motifs is 1. The summed E-state index contributed by atoms with van der Waals surface area (Å²) in [4.78, 5) is 0.0352. The molecule has 0 radical (unpaired) electrons. The molecule has 0 unspecified atom stereocenters. The summed E-state index contributed by atoms with van der Waals surface area (Å²) in [6.45, 7) is 4.74. The van der Waals surface area contributed by atoms with E-state index in [-0.39, 0.29) is 22.2 Å². The monoisotopic (exact) mass is 340 g/mol. The summed E-state index contributed by atoms with van der Waals surface area (Å²) in [6.07, 6.45) is 0. The van der Waals surface area contributed by atoms with Crippen LogP contribution in [0.2, 0.25) is 0 Å². The van der Waals surface area contributed by atoms with Gasteiger partial charge in [-0.25, -0.2) is 0 Å². The fourth-order valence-corrected chi connectivity index (χ4v) is 3.01. The number of ether oxygens (including phenoxy) is 2. The van der Waals surface area contributed by atoms with Gasteiger partial charge in [0.25, 0.3) is 15.9 Å². The number of benzene rings is 1. The average molecular weight is 340 g/mol. The summed E-state index contributed by atoms with van der Waals surface area (Å²) < 4.78 is 45.2. The van der Waals surface area contributed by atoms with Crippen LogP contribution in [0.5, 0.6) is 17.4 Å². The van der Waals surface area contributed by atoms with Crippen molar-refractivity contribution in [2.45, 2.75) is 38.1 Å². The molecule has 1 N–H and O–H groups in total. The van der Waals surface area contributed by atoms with Gasteiger partial charge in [-0.2, -0.15) is 8.42 Å². The van der Waals surface area contributed by atoms with Crippen LogP contribution in [0.25, 0.3) is 0 Å². The van der Waals surface area contributed by atoms with Crippen LogP contribution in [0, 0.1) is 6.92 Å². The summed E-state index contributed by atoms with van der Waals surface area (Å²) in [7, 11) is -3.95. The predicted octanol–water partition coefficient (Wildman–Crippen LogP) is 2.71. The highest BCUT2D eigenvalue weighted by molar-refractivity contribution is 7.86. The number of furan rings is 1. The van der Waals surface area contributed by atoms with E-state index in [0.29, 0.717) is 0 Å². The standard InChI is InChI=1S/C15H16O7S/c1-9-4-6-10(7-5-9)23(17,18)19-8-11-12-13(14(16)20-11)22-15(2,3)21-12/h4-7,16H,8H2,1-3H3. The Balaban J connectivity index is 1.80. The van der Waals surface area contributed by atoms with Gasteiger partial charge in [-0.05, 0) is 19.1 Å². The second-order valence-corrected chi connectivity index (χ2v) is 7.24. The summed E-state index contributed by atoms with van der Waals surface area (Å²) in [6, 6.07) is 6.26. The summed E-state index contributed by atoms with van der Waals surface area (Å²) in [5.41, 5.74) is 0.936. The zero-order valence-electron chi connectivity index (χ0n) is 12.8. The Morgan fingerprint density at radius 2 is 1.74 bits per heavy atom. The lowest BCUT2D eigenvalue weighted by Gasteiger charge is -2.17. The van der Waals surface area contributed by atoms with Crippen LogP contribution in [0.4, 0.5) is 0 Å². The number of aryl methyl sites for hydroxylation is 1. The van der Waals surface area contributed by atoms with Gasteiger partial charge in [0.1, 0.15) is 6.61 Å². The first-order valence-corrected chi connectivity index (χ1v) is 8.27. The lowest BCUT2D eigenvalue weighted by molar-refractivity contribution is -0.0492. The van der Waals surface area contributed by atoms with Gasteiger partial charge >= 0.3 is 5.95 Å². The molecule has 2 aromatic rings. The molecule has 1 aromatic carbocycles. The maximum atomic E-state index is 12.2. The Morgan fingerprint density at radius 1 is 1.13 bits per heavy atom. The highest BCUT2D eigenvalue weighted by Crippen LogP contribution is 2.50. The molecule has 2 heterocycles. The van der Waals surface area contributed by atoms with E-state index in [1.807, 2.05) is 6.92 Å². The highest BCUT2D eigenvalue weighted by Gasteiger charge is 2.40. The van der Waals surface area contributed by atoms with Crippen LogP contribution < -0.4 is 9.47 Å². The maximum Gasteiger partial charge on any atom is 0.330 e. The Hall–Kier alpha value is -2.19. The summed E-state index contributed by atoms with van der Waals surface area (Å²) >= 11 is 0. The van der Waals surface area contributed by atoms with Crippen LogP contribution in [0.15, 0.2) is 33.6 Å². The van der Waals surface area contributed by atoms with Crippen molar-refractivity contribution in [2.24, 2.45) is 0 Å². The molecule has 3 rings (SSSR count). The van der Waals surface area contributed by atoms with Gasteiger partial charge < -0.3 is 19.0 Å². The molecule has 23 heavy (non-hydrogen) atoms. The van der Waals surface area contributed by atoms with Gasteiger partial charge in [-0.1, -0.05) is 17.7 Å². The van der Waals surface area contributed by atoms with Crippen molar-refractivity contribution in [3.63, 3.8) is 0 Å². The molecule has 0 amide bonds. The molecule has 0 saturated carbocycles. The van der Waals surface area contributed by atoms with Crippen LogP contribution in [0.3, 0.4) is 0 Å². The van der Waals surface area contributed by atoms with Gasteiger partial charge in [0.05, 0.1) is 4.90 Å². The van der Waals surface area contributed by atoms with Crippen molar-refractivity contribution < 1.29 is 31.6 Å². The molecule has 0 bridgehead atoms. The predicted molar refractivity (Wildman–Crippen MR) is 78.9 cm³/mol. The lowest BCUT2D eigenvalue weighted by Crippen LogP contribution is -2.30. The Bertz CT molecular complexity index is 831. The van der Waals surface area contributed by atoms with Crippen LogP contribution in [-0.4, -0.2) is 19.3 Å². The van der Waals surface area contributed by atoms with Gasteiger partial charge in [-0.3, -0.25) is 4.18 Å². The fraction of sp³-hybridized carbons (Fsp3) is 0.333. The maximum absolute atomic E-state index is 12.2. The Kier molecular flexibility index (Phi) is 3.53. The van der Waals surface area contributed by atoms with E-state index in [4.69, 9.17) is 18.1 Å². The number of hydrogen-bond acceptors (Lipinski definition) is 7. The molecule has 0 saturated heterocycles. The minimum Gasteiger partial charge on any atom is -0.478 e. The first-order chi connectivity index (χ1) is 10.7. The van der Waals surface area contributed by atoms with Gasteiger partial charge in [0.2, 0.25) is 11.5 Å². The smallest absolute Gasteiger partial charge is 0.330 e. The van der Waals surface area contributed by atoms with Crippen molar-refractivity contribution in [1.82, 2.24) is 0 Å². The molecule has 8 heteroatoms. The van der Waals surface area contributed by atoms with Gasteiger partial charge in [0, 0.05) is 13.8 Å². The van der Waals surface area contributed by atoms with Gasteiger partial charge in [0.15, 0.2) is 5.76 Å². The van der Waals surface area contributed by atoms with Crippen molar-refractivity contribution in [3.8, 4) is 17.4 Å². The molecule has 124 valence electrons. The molecule has 0 aliphatic carbocycles. The normalized spacial score (nSPS) is 15.8. The number of rotatable bonds is 4. The molecule has 7 nitrogen and oxygen atoms in total. The molecule has 0 spiro atoms. The third kappa shape index (κ3) is 2.99. The van der Waals surface area contributed by atoms with Crippen molar-refractivity contribution in [1.29, 1.82) is 0 Å². The highest BCUT2D eigenvalue weighted by atomic mass is 32.2. The zero-order valence-corrected chi connectivity index (χ0v) is 13.6. The second-order valence-electron chi connectivity index (χ2n) is 5.62. The Morgan fingerprint density at radius 3 is 2.39 bits per heavy atom. The van der Waals surface area contributed by atoms with E-state index in [0.717, 1.165) is 5.56 Å². The van der Waals surface area contributed by atoms with Crippen molar-refractivity contribution >= 4 is 10.1 Å². The molecule has 1 aromatic heterocycles. The van der Waals surface area contributed by atoms with Crippen molar-refractivity contribution in [2.75, 3.05) is 0 Å². The first-order valence-electron chi connectivity index (χ1n) is 6.87. The first kappa shape index (κ1) is 15.7. The molecule has 1 aliphatic rings. The van der Waals surface area contributed by atoms with E-state index >= 15 is 0 Å². The van der Waals surface area contributed by atoms with E-state index in [9.17, 15) is 13.5 Å². The van der Waals surface area contributed by atoms with E-state index in [1.165, 1.54) is 12.1 Å². The van der Waals surface area contributed by atoms with E-state index < -0.39 is 28.5 Å². The van der Waals surface area contributed by atoms with Gasteiger partial charge in [-0.15, -0.1) is 0 Å². The minimum atomic E-state index is -3.95. The molecule has 0 fully saturated rings. The van der Waals surface area contributed by atoms with Crippen LogP contribution >= 0.6 is 0 Å². The van der Waals surface area contributed by atoms with Crippen molar-refractivity contribution in [3.05, 3.63) is 35.6 Å². The average Bonchev–Trinajstić information content (AvgIpc) is 2.92. The SMILES string of the molecule is Cc1ccc(S(=O)(=O)OCc2oc(O)c3c2OC(C)(C)O3)cc1. The number of aromatic hydroxyl groups is 1. The van der Waals surface area contributed by atoms with Crippen LogP contribution in [0.1, 0.15) is 25.2 Å². The molecular weight excluding hydrogens is 324 g/mol. The van der Waals surface area contributed by atoms with E-state index in [2.05, 4.69) is 0 Å². The minimum absolute atomic E-state index is 0.0352. The van der Waals surface area contributed by atoms with Crippen LogP contribution in [-0.2, 0) is 20.9 Å². The largest absolute Gasteiger partial charge is 0.478 e. The summed E-state index contributed by atoms with van der Waals surface area (Å²) in [5.74, 6) is -1.22. The molecule has 1 aliphatic heterocycles. The lowest BCUT2D eigenvalue weighted by atomic mass is 10.2. The number of hydrogen-bond donors (Lipinski definition) is 1. The summed E-state index contributed by atoms with van der Waals surface area (Å²) in [5, 5.41) is 9.68. The zero-order chi connectivity index (χ0) is 16.8.